The highest BCUT2D eigenvalue weighted by Gasteiger charge is 2.00. The standard InChI is InChI=1S/C12H27N/c1-5-6-7-12(4)10-13-9-8-11(2)3/h11-13H,5-10H2,1-4H3. The fourth-order valence-corrected chi connectivity index (χ4v) is 1.39. The summed E-state index contributed by atoms with van der Waals surface area (Å²) in [5.74, 6) is 1.69. The van der Waals surface area contributed by atoms with Crippen LogP contribution in [0.25, 0.3) is 0 Å². The molecule has 0 amide bonds. The summed E-state index contributed by atoms with van der Waals surface area (Å²) in [6.45, 7) is 11.6. The first-order valence-electron chi connectivity index (χ1n) is 5.87. The number of rotatable bonds is 8. The molecule has 0 aromatic heterocycles. The SMILES string of the molecule is CCCCC(C)CNCCC(C)C. The Morgan fingerprint density at radius 2 is 1.77 bits per heavy atom. The van der Waals surface area contributed by atoms with Crippen molar-refractivity contribution in [3.05, 3.63) is 0 Å². The van der Waals surface area contributed by atoms with Gasteiger partial charge in [-0.3, -0.25) is 0 Å². The normalized spacial score (nSPS) is 13.6. The zero-order chi connectivity index (χ0) is 10.1. The first kappa shape index (κ1) is 13.0. The Hall–Kier alpha value is -0.0400. The molecule has 1 unspecified atom stereocenters. The van der Waals surface area contributed by atoms with Gasteiger partial charge in [0.15, 0.2) is 0 Å². The Morgan fingerprint density at radius 3 is 2.31 bits per heavy atom. The van der Waals surface area contributed by atoms with Crippen LogP contribution in [-0.2, 0) is 0 Å². The van der Waals surface area contributed by atoms with Crippen molar-refractivity contribution in [1.82, 2.24) is 5.32 Å². The molecule has 0 aromatic carbocycles. The highest BCUT2D eigenvalue weighted by Crippen LogP contribution is 2.06. The molecule has 80 valence electrons. The zero-order valence-electron chi connectivity index (χ0n) is 9.90. The van der Waals surface area contributed by atoms with Crippen LogP contribution >= 0.6 is 0 Å². The number of nitrogens with one attached hydrogen (secondary N) is 1. The molecule has 1 heteroatoms. The third-order valence-electron chi connectivity index (χ3n) is 2.44. The average Bonchev–Trinajstić information content (AvgIpc) is 2.08. The molecule has 0 heterocycles. The van der Waals surface area contributed by atoms with Gasteiger partial charge in [0, 0.05) is 0 Å². The van der Waals surface area contributed by atoms with Gasteiger partial charge in [-0.05, 0) is 37.8 Å². The summed E-state index contributed by atoms with van der Waals surface area (Å²) >= 11 is 0. The molecule has 0 aliphatic carbocycles. The molecule has 0 aliphatic heterocycles. The Labute approximate surface area is 84.3 Å². The second-order valence-corrected chi connectivity index (χ2v) is 4.63. The van der Waals surface area contributed by atoms with E-state index in [1.165, 1.54) is 38.8 Å². The molecule has 0 saturated heterocycles. The van der Waals surface area contributed by atoms with Gasteiger partial charge in [0.2, 0.25) is 0 Å². The summed E-state index contributed by atoms with van der Waals surface area (Å²) in [6, 6.07) is 0. The van der Waals surface area contributed by atoms with Crippen LogP contribution < -0.4 is 5.32 Å². The average molecular weight is 185 g/mol. The van der Waals surface area contributed by atoms with E-state index >= 15 is 0 Å². The van der Waals surface area contributed by atoms with E-state index in [0.717, 1.165) is 11.8 Å². The van der Waals surface area contributed by atoms with Crippen molar-refractivity contribution in [1.29, 1.82) is 0 Å². The molecule has 0 rings (SSSR count). The molecule has 0 aromatic rings. The first-order chi connectivity index (χ1) is 6.16. The van der Waals surface area contributed by atoms with Gasteiger partial charge < -0.3 is 5.32 Å². The molecule has 0 radical (unpaired) electrons. The van der Waals surface area contributed by atoms with E-state index in [4.69, 9.17) is 0 Å². The summed E-state index contributed by atoms with van der Waals surface area (Å²) in [5, 5.41) is 3.53. The fraction of sp³-hybridized carbons (Fsp3) is 1.00. The lowest BCUT2D eigenvalue weighted by molar-refractivity contribution is 0.446. The summed E-state index contributed by atoms with van der Waals surface area (Å²) in [7, 11) is 0. The third-order valence-corrected chi connectivity index (χ3v) is 2.44. The molecule has 1 N–H and O–H groups in total. The van der Waals surface area contributed by atoms with E-state index in [9.17, 15) is 0 Å². The molecule has 1 atom stereocenters. The molecule has 0 spiro atoms. The number of hydrogen-bond acceptors (Lipinski definition) is 1. The predicted octanol–water partition coefficient (Wildman–Crippen LogP) is 3.45. The lowest BCUT2D eigenvalue weighted by atomic mass is 10.0. The van der Waals surface area contributed by atoms with Crippen molar-refractivity contribution in [2.75, 3.05) is 13.1 Å². The second kappa shape index (κ2) is 8.55. The Kier molecular flexibility index (Phi) is 8.53. The highest BCUT2D eigenvalue weighted by atomic mass is 14.8. The Balaban J connectivity index is 3.12. The van der Waals surface area contributed by atoms with Gasteiger partial charge in [0.25, 0.3) is 0 Å². The Morgan fingerprint density at radius 1 is 1.08 bits per heavy atom. The molecule has 13 heavy (non-hydrogen) atoms. The van der Waals surface area contributed by atoms with Gasteiger partial charge in [-0.25, -0.2) is 0 Å². The maximum absolute atomic E-state index is 3.53. The first-order valence-corrected chi connectivity index (χ1v) is 5.87. The maximum atomic E-state index is 3.53. The minimum absolute atomic E-state index is 0.832. The van der Waals surface area contributed by atoms with E-state index in [2.05, 4.69) is 33.0 Å². The van der Waals surface area contributed by atoms with Crippen molar-refractivity contribution in [3.8, 4) is 0 Å². The van der Waals surface area contributed by atoms with Crippen LogP contribution in [-0.4, -0.2) is 13.1 Å². The summed E-state index contributed by atoms with van der Waals surface area (Å²) < 4.78 is 0. The molecule has 1 nitrogen and oxygen atoms in total. The van der Waals surface area contributed by atoms with Gasteiger partial charge in [-0.1, -0.05) is 40.5 Å². The van der Waals surface area contributed by atoms with Crippen LogP contribution in [0.15, 0.2) is 0 Å². The van der Waals surface area contributed by atoms with Crippen LogP contribution in [0.1, 0.15) is 53.4 Å². The topological polar surface area (TPSA) is 12.0 Å². The van der Waals surface area contributed by atoms with Gasteiger partial charge in [0.1, 0.15) is 0 Å². The molecule has 0 fully saturated rings. The van der Waals surface area contributed by atoms with E-state index < -0.39 is 0 Å². The van der Waals surface area contributed by atoms with Crippen molar-refractivity contribution in [2.24, 2.45) is 11.8 Å². The highest BCUT2D eigenvalue weighted by molar-refractivity contribution is 4.58. The number of hydrogen-bond donors (Lipinski definition) is 1. The van der Waals surface area contributed by atoms with Gasteiger partial charge >= 0.3 is 0 Å². The van der Waals surface area contributed by atoms with Crippen molar-refractivity contribution < 1.29 is 0 Å². The lowest BCUT2D eigenvalue weighted by Crippen LogP contribution is -2.23. The largest absolute Gasteiger partial charge is 0.316 e. The maximum Gasteiger partial charge on any atom is -0.00232 e. The van der Waals surface area contributed by atoms with E-state index in [1.54, 1.807) is 0 Å². The van der Waals surface area contributed by atoms with Gasteiger partial charge in [-0.15, -0.1) is 0 Å². The van der Waals surface area contributed by atoms with E-state index in [1.807, 2.05) is 0 Å². The summed E-state index contributed by atoms with van der Waals surface area (Å²) in [5.41, 5.74) is 0. The van der Waals surface area contributed by atoms with Crippen LogP contribution in [0.3, 0.4) is 0 Å². The minimum atomic E-state index is 0.832. The molecule has 0 bridgehead atoms. The molecule has 0 aliphatic rings. The van der Waals surface area contributed by atoms with Crippen molar-refractivity contribution in [2.45, 2.75) is 53.4 Å². The van der Waals surface area contributed by atoms with Crippen LogP contribution in [0, 0.1) is 11.8 Å². The molecular weight excluding hydrogens is 158 g/mol. The molecular formula is C12H27N. The zero-order valence-corrected chi connectivity index (χ0v) is 9.90. The van der Waals surface area contributed by atoms with Gasteiger partial charge in [0.05, 0.1) is 0 Å². The predicted molar refractivity (Wildman–Crippen MR) is 61.0 cm³/mol. The number of unbranched alkanes of at least 4 members (excludes halogenated alkanes) is 1. The quantitative estimate of drug-likeness (QED) is 0.571. The minimum Gasteiger partial charge on any atom is -0.316 e. The van der Waals surface area contributed by atoms with Crippen LogP contribution in [0.2, 0.25) is 0 Å². The fourth-order valence-electron chi connectivity index (χ4n) is 1.39. The molecule has 0 saturated carbocycles. The Bertz CT molecular complexity index is 99.3. The second-order valence-electron chi connectivity index (χ2n) is 4.63. The monoisotopic (exact) mass is 185 g/mol. The van der Waals surface area contributed by atoms with Gasteiger partial charge in [-0.2, -0.15) is 0 Å². The smallest absolute Gasteiger partial charge is 0.00232 e. The van der Waals surface area contributed by atoms with Crippen LogP contribution in [0.4, 0.5) is 0 Å². The van der Waals surface area contributed by atoms with E-state index in [-0.39, 0.29) is 0 Å². The summed E-state index contributed by atoms with van der Waals surface area (Å²) in [4.78, 5) is 0. The third kappa shape index (κ3) is 9.88. The summed E-state index contributed by atoms with van der Waals surface area (Å²) in [6.07, 6.45) is 5.40. The van der Waals surface area contributed by atoms with Crippen molar-refractivity contribution in [3.63, 3.8) is 0 Å². The van der Waals surface area contributed by atoms with Crippen LogP contribution in [0.5, 0.6) is 0 Å². The van der Waals surface area contributed by atoms with E-state index in [0.29, 0.717) is 0 Å². The van der Waals surface area contributed by atoms with Crippen molar-refractivity contribution >= 4 is 0 Å². The lowest BCUT2D eigenvalue weighted by Gasteiger charge is -2.12.